The molecule has 1 unspecified atom stereocenters. The normalized spacial score (nSPS) is 17.1. The lowest BCUT2D eigenvalue weighted by molar-refractivity contribution is -0.145. The van der Waals surface area contributed by atoms with Gasteiger partial charge in [-0.25, -0.2) is 0 Å². The molecule has 1 N–H and O–H groups in total. The Bertz CT molecular complexity index is 545. The van der Waals surface area contributed by atoms with Gasteiger partial charge in [-0.3, -0.25) is 9.69 Å². The second-order valence-electron chi connectivity index (χ2n) is 5.23. The molecule has 1 aromatic carbocycles. The first-order valence-corrected chi connectivity index (χ1v) is 6.57. The maximum absolute atomic E-state index is 10.9. The standard InChI is InChI=1S/C15H18N2O3/c1-10(15(18)19)13-8-17(9-13)7-11-3-4-12(6-16)14(5-11)20-2/h3-5,10,13H,7-9H2,1-2H3,(H,18,19). The summed E-state index contributed by atoms with van der Waals surface area (Å²) < 4.78 is 5.18. The van der Waals surface area contributed by atoms with Crippen molar-refractivity contribution < 1.29 is 14.6 Å². The zero-order valence-corrected chi connectivity index (χ0v) is 11.7. The number of carboxylic acids is 1. The number of carbonyl (C=O) groups is 1. The lowest BCUT2D eigenvalue weighted by atomic mass is 9.87. The third-order valence-corrected chi connectivity index (χ3v) is 3.87. The molecule has 0 spiro atoms. The molecule has 0 amide bonds. The summed E-state index contributed by atoms with van der Waals surface area (Å²) in [7, 11) is 1.55. The van der Waals surface area contributed by atoms with E-state index in [1.54, 1.807) is 20.1 Å². The van der Waals surface area contributed by atoms with Crippen LogP contribution in [0.2, 0.25) is 0 Å². The van der Waals surface area contributed by atoms with E-state index in [9.17, 15) is 4.79 Å². The number of aliphatic carboxylic acids is 1. The van der Waals surface area contributed by atoms with Gasteiger partial charge in [0, 0.05) is 19.6 Å². The lowest BCUT2D eigenvalue weighted by Crippen LogP contribution is -2.50. The Morgan fingerprint density at radius 1 is 1.60 bits per heavy atom. The molecule has 1 heterocycles. The van der Waals surface area contributed by atoms with Gasteiger partial charge >= 0.3 is 5.97 Å². The molecule has 0 aliphatic carbocycles. The number of ether oxygens (including phenoxy) is 1. The summed E-state index contributed by atoms with van der Waals surface area (Å²) in [6.07, 6.45) is 0. The third-order valence-electron chi connectivity index (χ3n) is 3.87. The van der Waals surface area contributed by atoms with E-state index in [4.69, 9.17) is 15.1 Å². The van der Waals surface area contributed by atoms with Gasteiger partial charge in [-0.05, 0) is 23.6 Å². The topological polar surface area (TPSA) is 73.6 Å². The number of hydrogen-bond donors (Lipinski definition) is 1. The lowest BCUT2D eigenvalue weighted by Gasteiger charge is -2.41. The van der Waals surface area contributed by atoms with Gasteiger partial charge < -0.3 is 9.84 Å². The van der Waals surface area contributed by atoms with Gasteiger partial charge in [0.2, 0.25) is 0 Å². The molecule has 1 fully saturated rings. The first-order valence-electron chi connectivity index (χ1n) is 6.57. The molecule has 106 valence electrons. The fraction of sp³-hybridized carbons (Fsp3) is 0.467. The highest BCUT2D eigenvalue weighted by Gasteiger charge is 2.34. The molecular formula is C15H18N2O3. The number of methoxy groups -OCH3 is 1. The van der Waals surface area contributed by atoms with Crippen LogP contribution < -0.4 is 4.74 Å². The summed E-state index contributed by atoms with van der Waals surface area (Å²) in [6.45, 7) is 4.12. The Labute approximate surface area is 118 Å². The van der Waals surface area contributed by atoms with E-state index >= 15 is 0 Å². The van der Waals surface area contributed by atoms with Gasteiger partial charge in [-0.2, -0.15) is 5.26 Å². The van der Waals surface area contributed by atoms with Gasteiger partial charge in [0.25, 0.3) is 0 Å². The number of nitriles is 1. The molecule has 0 bridgehead atoms. The van der Waals surface area contributed by atoms with Crippen molar-refractivity contribution in [3.63, 3.8) is 0 Å². The van der Waals surface area contributed by atoms with Gasteiger partial charge in [0.15, 0.2) is 0 Å². The molecule has 20 heavy (non-hydrogen) atoms. The SMILES string of the molecule is COc1cc(CN2CC(C(C)C(=O)O)C2)ccc1C#N. The number of benzene rings is 1. The Kier molecular flexibility index (Phi) is 4.26. The first kappa shape index (κ1) is 14.4. The molecule has 1 aliphatic heterocycles. The molecular weight excluding hydrogens is 256 g/mol. The van der Waals surface area contributed by atoms with Gasteiger partial charge in [-0.15, -0.1) is 0 Å². The summed E-state index contributed by atoms with van der Waals surface area (Å²) in [4.78, 5) is 13.1. The smallest absolute Gasteiger partial charge is 0.306 e. The summed E-state index contributed by atoms with van der Waals surface area (Å²) in [5.41, 5.74) is 1.60. The van der Waals surface area contributed by atoms with Crippen molar-refractivity contribution in [3.05, 3.63) is 29.3 Å². The Morgan fingerprint density at radius 2 is 2.30 bits per heavy atom. The molecule has 1 saturated heterocycles. The van der Waals surface area contributed by atoms with Crippen molar-refractivity contribution in [1.29, 1.82) is 5.26 Å². The first-order chi connectivity index (χ1) is 9.55. The summed E-state index contributed by atoms with van der Waals surface area (Å²) >= 11 is 0. The molecule has 5 heteroatoms. The van der Waals surface area contributed by atoms with Crippen LogP contribution in [-0.2, 0) is 11.3 Å². The maximum atomic E-state index is 10.9. The van der Waals surface area contributed by atoms with E-state index in [1.807, 2.05) is 12.1 Å². The predicted molar refractivity (Wildman–Crippen MR) is 73.3 cm³/mol. The molecule has 0 radical (unpaired) electrons. The van der Waals surface area contributed by atoms with Gasteiger partial charge in [0.1, 0.15) is 11.8 Å². The van der Waals surface area contributed by atoms with Crippen LogP contribution in [-0.4, -0.2) is 36.2 Å². The quantitative estimate of drug-likeness (QED) is 0.885. The largest absolute Gasteiger partial charge is 0.495 e. The summed E-state index contributed by atoms with van der Waals surface area (Å²) in [5.74, 6) is -0.204. The van der Waals surface area contributed by atoms with Crippen molar-refractivity contribution in [2.24, 2.45) is 11.8 Å². The fourth-order valence-corrected chi connectivity index (χ4v) is 2.44. The van der Waals surface area contributed by atoms with Crippen LogP contribution in [0.25, 0.3) is 0 Å². The van der Waals surface area contributed by atoms with Crippen molar-refractivity contribution in [1.82, 2.24) is 4.90 Å². The van der Waals surface area contributed by atoms with Crippen LogP contribution in [0.5, 0.6) is 5.75 Å². The number of rotatable bonds is 5. The van der Waals surface area contributed by atoms with Crippen molar-refractivity contribution in [2.75, 3.05) is 20.2 Å². The van der Waals surface area contributed by atoms with Crippen molar-refractivity contribution >= 4 is 5.97 Å². The average molecular weight is 274 g/mol. The number of nitrogens with zero attached hydrogens (tertiary/aromatic N) is 2. The van der Waals surface area contributed by atoms with E-state index in [0.29, 0.717) is 11.3 Å². The monoisotopic (exact) mass is 274 g/mol. The van der Waals surface area contributed by atoms with E-state index in [0.717, 1.165) is 25.2 Å². The molecule has 0 aromatic heterocycles. The Balaban J connectivity index is 1.93. The van der Waals surface area contributed by atoms with E-state index in [-0.39, 0.29) is 11.8 Å². The molecule has 1 aromatic rings. The number of hydrogen-bond acceptors (Lipinski definition) is 4. The Morgan fingerprint density at radius 3 is 2.85 bits per heavy atom. The van der Waals surface area contributed by atoms with Crippen LogP contribution in [0.4, 0.5) is 0 Å². The van der Waals surface area contributed by atoms with Gasteiger partial charge in [-0.1, -0.05) is 13.0 Å². The predicted octanol–water partition coefficient (Wildman–Crippen LogP) is 1.72. The minimum absolute atomic E-state index is 0.229. The number of carboxylic acid groups (broad SMARTS) is 1. The summed E-state index contributed by atoms with van der Waals surface area (Å²) in [5, 5.41) is 17.9. The van der Waals surface area contributed by atoms with Gasteiger partial charge in [0.05, 0.1) is 18.6 Å². The maximum Gasteiger partial charge on any atom is 0.306 e. The minimum Gasteiger partial charge on any atom is -0.495 e. The van der Waals surface area contributed by atoms with Crippen LogP contribution >= 0.6 is 0 Å². The zero-order chi connectivity index (χ0) is 14.7. The van der Waals surface area contributed by atoms with Crippen LogP contribution in [0.1, 0.15) is 18.1 Å². The molecule has 2 rings (SSSR count). The second kappa shape index (κ2) is 5.93. The molecule has 5 nitrogen and oxygen atoms in total. The summed E-state index contributed by atoms with van der Waals surface area (Å²) in [6, 6.07) is 7.62. The van der Waals surface area contributed by atoms with E-state index < -0.39 is 5.97 Å². The minimum atomic E-state index is -0.727. The fourth-order valence-electron chi connectivity index (χ4n) is 2.44. The second-order valence-corrected chi connectivity index (χ2v) is 5.23. The highest BCUT2D eigenvalue weighted by molar-refractivity contribution is 5.70. The van der Waals surface area contributed by atoms with Crippen LogP contribution in [0, 0.1) is 23.2 Å². The zero-order valence-electron chi connectivity index (χ0n) is 11.7. The van der Waals surface area contributed by atoms with E-state index in [1.165, 1.54) is 0 Å². The number of likely N-dealkylation sites (tertiary alicyclic amines) is 1. The molecule has 0 saturated carbocycles. The highest BCUT2D eigenvalue weighted by Crippen LogP contribution is 2.27. The van der Waals surface area contributed by atoms with E-state index in [2.05, 4.69) is 11.0 Å². The van der Waals surface area contributed by atoms with Crippen molar-refractivity contribution in [3.8, 4) is 11.8 Å². The third kappa shape index (κ3) is 2.91. The molecule has 1 atom stereocenters. The average Bonchev–Trinajstić information content (AvgIpc) is 2.41. The Hall–Kier alpha value is -2.06. The van der Waals surface area contributed by atoms with Crippen LogP contribution in [0.15, 0.2) is 18.2 Å². The van der Waals surface area contributed by atoms with Crippen LogP contribution in [0.3, 0.4) is 0 Å². The van der Waals surface area contributed by atoms with Crippen molar-refractivity contribution in [2.45, 2.75) is 13.5 Å². The molecule has 1 aliphatic rings. The highest BCUT2D eigenvalue weighted by atomic mass is 16.5.